The highest BCUT2D eigenvalue weighted by Crippen LogP contribution is 2.18. The van der Waals surface area contributed by atoms with E-state index in [2.05, 4.69) is 10.1 Å². The van der Waals surface area contributed by atoms with E-state index < -0.39 is 5.60 Å². The average molecular weight is 221 g/mol. The fourth-order valence-corrected chi connectivity index (χ4v) is 1.67. The largest absolute Gasteiger partial charge is 0.390 e. The van der Waals surface area contributed by atoms with Crippen LogP contribution < -0.4 is 0 Å². The Labute approximate surface area is 93.4 Å². The Balaban J connectivity index is 2.53. The molecule has 0 fully saturated rings. The van der Waals surface area contributed by atoms with E-state index in [4.69, 9.17) is 0 Å². The minimum absolute atomic E-state index is 0.124. The second-order valence-corrected chi connectivity index (χ2v) is 4.45. The quantitative estimate of drug-likeness (QED) is 0.800. The molecule has 0 amide bonds. The maximum absolute atomic E-state index is 9.76. The predicted molar refractivity (Wildman–Crippen MR) is 59.7 cm³/mol. The molecule has 16 heavy (non-hydrogen) atoms. The lowest BCUT2D eigenvalue weighted by Crippen LogP contribution is -2.26. The van der Waals surface area contributed by atoms with Crippen molar-refractivity contribution in [2.45, 2.75) is 32.6 Å². The maximum atomic E-state index is 9.76. The summed E-state index contributed by atoms with van der Waals surface area (Å²) in [6, 6.07) is 3.67. The lowest BCUT2D eigenvalue weighted by molar-refractivity contribution is 0.0586. The number of hydrogen-bond donors (Lipinski definition) is 2. The molecule has 2 N–H and O–H groups in total. The van der Waals surface area contributed by atoms with Gasteiger partial charge < -0.3 is 10.2 Å². The van der Waals surface area contributed by atoms with Crippen LogP contribution in [0.2, 0.25) is 0 Å². The van der Waals surface area contributed by atoms with Gasteiger partial charge in [0.15, 0.2) is 5.65 Å². The number of aromatic nitrogens is 3. The lowest BCUT2D eigenvalue weighted by Gasteiger charge is -2.16. The molecule has 86 valence electrons. The zero-order valence-corrected chi connectivity index (χ0v) is 9.38. The van der Waals surface area contributed by atoms with E-state index in [1.54, 1.807) is 30.8 Å². The molecule has 0 aliphatic heterocycles. The Morgan fingerprint density at radius 3 is 2.81 bits per heavy atom. The van der Waals surface area contributed by atoms with Gasteiger partial charge in [0.2, 0.25) is 0 Å². The fraction of sp³-hybridized carbons (Fsp3) is 0.455. The molecule has 0 saturated heterocycles. The van der Waals surface area contributed by atoms with E-state index in [0.29, 0.717) is 17.9 Å². The standard InChI is InChI=1S/C11H15N3O2/c1-11(2,16)7-14-10-8(4-3-5-12-10)9(6-15)13-14/h3-5,15-16H,6-7H2,1-2H3. The summed E-state index contributed by atoms with van der Waals surface area (Å²) in [5.74, 6) is 0. The predicted octanol–water partition coefficient (Wildman–Crippen LogP) is 0.694. The topological polar surface area (TPSA) is 71.2 Å². The Hall–Kier alpha value is -1.46. The van der Waals surface area contributed by atoms with Crippen molar-refractivity contribution < 1.29 is 10.2 Å². The van der Waals surface area contributed by atoms with Crippen LogP contribution in [0, 0.1) is 0 Å². The van der Waals surface area contributed by atoms with Crippen molar-refractivity contribution in [1.29, 1.82) is 0 Å². The molecule has 0 atom stereocenters. The number of fused-ring (bicyclic) bond motifs is 1. The fourth-order valence-electron chi connectivity index (χ4n) is 1.67. The Morgan fingerprint density at radius 2 is 2.19 bits per heavy atom. The summed E-state index contributed by atoms with van der Waals surface area (Å²) in [5, 5.41) is 24.0. The SMILES string of the molecule is CC(C)(O)Cn1nc(CO)c2cccnc21. The van der Waals surface area contributed by atoms with Crippen LogP contribution in [0.25, 0.3) is 11.0 Å². The first-order chi connectivity index (χ1) is 7.51. The first-order valence-electron chi connectivity index (χ1n) is 5.15. The van der Waals surface area contributed by atoms with Crippen molar-refractivity contribution in [3.05, 3.63) is 24.0 Å². The van der Waals surface area contributed by atoms with E-state index in [9.17, 15) is 10.2 Å². The third-order valence-corrected chi connectivity index (χ3v) is 2.27. The molecule has 0 aromatic carbocycles. The molecule has 5 nitrogen and oxygen atoms in total. The Morgan fingerprint density at radius 1 is 1.44 bits per heavy atom. The second kappa shape index (κ2) is 3.84. The molecular weight excluding hydrogens is 206 g/mol. The highest BCUT2D eigenvalue weighted by atomic mass is 16.3. The third kappa shape index (κ3) is 2.05. The molecule has 0 aliphatic carbocycles. The Kier molecular flexibility index (Phi) is 2.65. The number of nitrogens with zero attached hydrogens (tertiary/aromatic N) is 3. The van der Waals surface area contributed by atoms with Crippen molar-refractivity contribution in [3.63, 3.8) is 0 Å². The summed E-state index contributed by atoms with van der Waals surface area (Å²) in [5.41, 5.74) is 0.421. The van der Waals surface area contributed by atoms with Gasteiger partial charge in [-0.25, -0.2) is 9.67 Å². The van der Waals surface area contributed by atoms with Gasteiger partial charge in [0.05, 0.1) is 24.4 Å². The first kappa shape index (κ1) is 11.0. The normalized spacial score (nSPS) is 12.2. The average Bonchev–Trinajstić information content (AvgIpc) is 2.55. The van der Waals surface area contributed by atoms with Gasteiger partial charge in [-0.1, -0.05) is 0 Å². The van der Waals surface area contributed by atoms with Gasteiger partial charge in [-0.2, -0.15) is 5.10 Å². The van der Waals surface area contributed by atoms with Crippen LogP contribution in [0.5, 0.6) is 0 Å². The monoisotopic (exact) mass is 221 g/mol. The van der Waals surface area contributed by atoms with Crippen LogP contribution in [-0.2, 0) is 13.2 Å². The molecule has 2 aromatic heterocycles. The molecule has 2 aromatic rings. The number of aliphatic hydroxyl groups is 2. The zero-order valence-electron chi connectivity index (χ0n) is 9.38. The van der Waals surface area contributed by atoms with Crippen LogP contribution in [0.3, 0.4) is 0 Å². The van der Waals surface area contributed by atoms with E-state index in [1.807, 2.05) is 6.07 Å². The molecule has 5 heteroatoms. The van der Waals surface area contributed by atoms with E-state index >= 15 is 0 Å². The van der Waals surface area contributed by atoms with Crippen molar-refractivity contribution in [2.24, 2.45) is 0 Å². The number of pyridine rings is 1. The number of rotatable bonds is 3. The molecule has 0 radical (unpaired) electrons. The lowest BCUT2D eigenvalue weighted by atomic mass is 10.1. The zero-order chi connectivity index (χ0) is 11.8. The minimum atomic E-state index is -0.858. The maximum Gasteiger partial charge on any atom is 0.158 e. The summed E-state index contributed by atoms with van der Waals surface area (Å²) < 4.78 is 1.63. The highest BCUT2D eigenvalue weighted by molar-refractivity contribution is 5.77. The second-order valence-electron chi connectivity index (χ2n) is 4.45. The molecule has 0 saturated carbocycles. The van der Waals surface area contributed by atoms with Crippen LogP contribution in [0.1, 0.15) is 19.5 Å². The van der Waals surface area contributed by atoms with Crippen molar-refractivity contribution in [3.8, 4) is 0 Å². The van der Waals surface area contributed by atoms with E-state index in [1.165, 1.54) is 0 Å². The van der Waals surface area contributed by atoms with Gasteiger partial charge in [-0.15, -0.1) is 0 Å². The molecule has 0 spiro atoms. The first-order valence-corrected chi connectivity index (χ1v) is 5.15. The smallest absolute Gasteiger partial charge is 0.158 e. The molecule has 0 bridgehead atoms. The highest BCUT2D eigenvalue weighted by Gasteiger charge is 2.18. The van der Waals surface area contributed by atoms with Gasteiger partial charge in [0.1, 0.15) is 0 Å². The van der Waals surface area contributed by atoms with Gasteiger partial charge in [0.25, 0.3) is 0 Å². The minimum Gasteiger partial charge on any atom is -0.390 e. The van der Waals surface area contributed by atoms with Crippen molar-refractivity contribution in [2.75, 3.05) is 0 Å². The van der Waals surface area contributed by atoms with Crippen LogP contribution in [0.4, 0.5) is 0 Å². The summed E-state index contributed by atoms with van der Waals surface area (Å²) in [6.07, 6.45) is 1.67. The number of aliphatic hydroxyl groups excluding tert-OH is 1. The molecule has 2 heterocycles. The Bertz CT molecular complexity index is 499. The van der Waals surface area contributed by atoms with Gasteiger partial charge in [-0.3, -0.25) is 0 Å². The molecular formula is C11H15N3O2. The van der Waals surface area contributed by atoms with Crippen LogP contribution in [0.15, 0.2) is 18.3 Å². The van der Waals surface area contributed by atoms with Gasteiger partial charge in [-0.05, 0) is 26.0 Å². The summed E-state index contributed by atoms with van der Waals surface area (Å²) in [6.45, 7) is 3.64. The van der Waals surface area contributed by atoms with E-state index in [-0.39, 0.29) is 6.61 Å². The van der Waals surface area contributed by atoms with E-state index in [0.717, 1.165) is 5.39 Å². The summed E-state index contributed by atoms with van der Waals surface area (Å²) in [7, 11) is 0. The molecule has 0 aliphatic rings. The van der Waals surface area contributed by atoms with Crippen LogP contribution >= 0.6 is 0 Å². The summed E-state index contributed by atoms with van der Waals surface area (Å²) in [4.78, 5) is 4.21. The van der Waals surface area contributed by atoms with Crippen molar-refractivity contribution in [1.82, 2.24) is 14.8 Å². The van der Waals surface area contributed by atoms with Crippen LogP contribution in [-0.4, -0.2) is 30.6 Å². The molecule has 0 unspecified atom stereocenters. The molecule has 2 rings (SSSR count). The summed E-state index contributed by atoms with van der Waals surface area (Å²) >= 11 is 0. The van der Waals surface area contributed by atoms with Gasteiger partial charge >= 0.3 is 0 Å². The number of hydrogen-bond acceptors (Lipinski definition) is 4. The van der Waals surface area contributed by atoms with Crippen molar-refractivity contribution >= 4 is 11.0 Å². The van der Waals surface area contributed by atoms with Gasteiger partial charge in [0, 0.05) is 11.6 Å². The third-order valence-electron chi connectivity index (χ3n) is 2.27.